The average Bonchev–Trinajstić information content (AvgIpc) is 2.62. The lowest BCUT2D eigenvalue weighted by Crippen LogP contribution is -2.07. The molecule has 0 saturated heterocycles. The molecule has 0 aliphatic heterocycles. The normalized spacial score (nSPS) is 10.8. The summed E-state index contributed by atoms with van der Waals surface area (Å²) in [4.78, 5) is 5.80. The Labute approximate surface area is 119 Å². The molecule has 3 heteroatoms. The van der Waals surface area contributed by atoms with Crippen LogP contribution in [0.2, 0.25) is 0 Å². The van der Waals surface area contributed by atoms with Gasteiger partial charge in [0.15, 0.2) is 5.13 Å². The third-order valence-corrected chi connectivity index (χ3v) is 4.55. The number of hydrogen-bond donors (Lipinski definition) is 1. The summed E-state index contributed by atoms with van der Waals surface area (Å²) in [5.41, 5.74) is 6.73. The highest BCUT2D eigenvalue weighted by atomic mass is 32.1. The van der Waals surface area contributed by atoms with E-state index in [1.54, 1.807) is 11.3 Å². The number of aryl methyl sites for hydroxylation is 5. The molecule has 1 heterocycles. The molecular weight excluding hydrogens is 252 g/mol. The molecule has 1 N–H and O–H groups in total. The van der Waals surface area contributed by atoms with Gasteiger partial charge in [0, 0.05) is 11.4 Å². The first-order chi connectivity index (χ1) is 8.97. The van der Waals surface area contributed by atoms with Crippen LogP contribution in [0.4, 0.5) is 5.13 Å². The molecule has 0 radical (unpaired) electrons. The fraction of sp³-hybridized carbons (Fsp3) is 0.438. The molecule has 0 bridgehead atoms. The van der Waals surface area contributed by atoms with E-state index in [-0.39, 0.29) is 0 Å². The Bertz CT molecular complexity index is 542. The van der Waals surface area contributed by atoms with Crippen LogP contribution in [0.3, 0.4) is 0 Å². The zero-order chi connectivity index (χ0) is 14.0. The van der Waals surface area contributed by atoms with Crippen molar-refractivity contribution in [3.8, 4) is 0 Å². The molecule has 2 aromatic rings. The van der Waals surface area contributed by atoms with Gasteiger partial charge in [0.1, 0.15) is 0 Å². The number of nitrogens with one attached hydrogen (secondary N) is 1. The van der Waals surface area contributed by atoms with Gasteiger partial charge in [-0.15, -0.1) is 11.3 Å². The lowest BCUT2D eigenvalue weighted by molar-refractivity contribution is 0.982. The van der Waals surface area contributed by atoms with E-state index in [9.17, 15) is 0 Å². The van der Waals surface area contributed by atoms with E-state index in [2.05, 4.69) is 57.1 Å². The summed E-state index contributed by atoms with van der Waals surface area (Å²) in [6.45, 7) is 11.7. The molecule has 1 aromatic heterocycles. The number of hydrogen-bond acceptors (Lipinski definition) is 3. The first-order valence-corrected chi connectivity index (χ1v) is 7.53. The maximum atomic E-state index is 4.51. The van der Waals surface area contributed by atoms with Gasteiger partial charge in [0.2, 0.25) is 0 Å². The second-order valence-electron chi connectivity index (χ2n) is 5.21. The van der Waals surface area contributed by atoms with Crippen molar-refractivity contribution in [3.05, 3.63) is 45.0 Å². The minimum Gasteiger partial charge on any atom is -0.361 e. The second kappa shape index (κ2) is 5.74. The molecule has 0 aliphatic carbocycles. The van der Waals surface area contributed by atoms with Crippen molar-refractivity contribution in [2.45, 2.75) is 41.0 Å². The fourth-order valence-electron chi connectivity index (χ4n) is 2.45. The standard InChI is InChI=1S/C16H22N2S/c1-10-8-11(2)15(12(3)9-10)6-7-17-16-18-13(4)14(5)19-16/h8-9H,6-7H2,1-5H3,(H,17,18). The number of aromatic nitrogens is 1. The lowest BCUT2D eigenvalue weighted by Gasteiger charge is -2.11. The quantitative estimate of drug-likeness (QED) is 0.897. The van der Waals surface area contributed by atoms with Crippen molar-refractivity contribution in [2.24, 2.45) is 0 Å². The smallest absolute Gasteiger partial charge is 0.183 e. The van der Waals surface area contributed by atoms with E-state index in [0.29, 0.717) is 0 Å². The van der Waals surface area contributed by atoms with Crippen LogP contribution in [0.1, 0.15) is 32.8 Å². The van der Waals surface area contributed by atoms with Gasteiger partial charge in [-0.05, 0) is 57.7 Å². The zero-order valence-corrected chi connectivity index (χ0v) is 13.2. The lowest BCUT2D eigenvalue weighted by atomic mass is 9.97. The van der Waals surface area contributed by atoms with Crippen molar-refractivity contribution in [2.75, 3.05) is 11.9 Å². The van der Waals surface area contributed by atoms with E-state index in [4.69, 9.17) is 0 Å². The maximum absolute atomic E-state index is 4.51. The Morgan fingerprint density at radius 3 is 2.21 bits per heavy atom. The van der Waals surface area contributed by atoms with Crippen LogP contribution in [0.15, 0.2) is 12.1 Å². The third kappa shape index (κ3) is 3.35. The van der Waals surface area contributed by atoms with Gasteiger partial charge < -0.3 is 5.32 Å². The summed E-state index contributed by atoms with van der Waals surface area (Å²) in [5, 5.41) is 4.47. The largest absolute Gasteiger partial charge is 0.361 e. The predicted octanol–water partition coefficient (Wildman–Crippen LogP) is 4.34. The Balaban J connectivity index is 2.00. The predicted molar refractivity (Wildman–Crippen MR) is 84.4 cm³/mol. The van der Waals surface area contributed by atoms with Crippen molar-refractivity contribution in [3.63, 3.8) is 0 Å². The minimum absolute atomic E-state index is 0.942. The number of benzene rings is 1. The Morgan fingerprint density at radius 2 is 1.68 bits per heavy atom. The Hall–Kier alpha value is -1.35. The summed E-state index contributed by atoms with van der Waals surface area (Å²) in [7, 11) is 0. The number of nitrogens with zero attached hydrogens (tertiary/aromatic N) is 1. The van der Waals surface area contributed by atoms with Gasteiger partial charge in [-0.25, -0.2) is 4.98 Å². The molecule has 0 unspecified atom stereocenters. The summed E-state index contributed by atoms with van der Waals surface area (Å²) in [5.74, 6) is 0. The van der Waals surface area contributed by atoms with Gasteiger partial charge >= 0.3 is 0 Å². The van der Waals surface area contributed by atoms with E-state index < -0.39 is 0 Å². The zero-order valence-electron chi connectivity index (χ0n) is 12.4. The maximum Gasteiger partial charge on any atom is 0.183 e. The summed E-state index contributed by atoms with van der Waals surface area (Å²) in [6, 6.07) is 4.53. The van der Waals surface area contributed by atoms with E-state index >= 15 is 0 Å². The molecule has 0 saturated carbocycles. The van der Waals surface area contributed by atoms with Crippen molar-refractivity contribution in [1.29, 1.82) is 0 Å². The summed E-state index contributed by atoms with van der Waals surface area (Å²) >= 11 is 1.74. The highest BCUT2D eigenvalue weighted by molar-refractivity contribution is 7.15. The van der Waals surface area contributed by atoms with Gasteiger partial charge in [-0.3, -0.25) is 0 Å². The summed E-state index contributed by atoms with van der Waals surface area (Å²) in [6.07, 6.45) is 1.05. The summed E-state index contributed by atoms with van der Waals surface area (Å²) < 4.78 is 0. The SMILES string of the molecule is Cc1cc(C)c(CCNc2nc(C)c(C)s2)c(C)c1. The van der Waals surface area contributed by atoms with Gasteiger partial charge in [-0.2, -0.15) is 0 Å². The van der Waals surface area contributed by atoms with E-state index in [0.717, 1.165) is 23.8 Å². The van der Waals surface area contributed by atoms with Gasteiger partial charge in [0.05, 0.1) is 5.69 Å². The molecule has 1 aromatic carbocycles. The fourth-order valence-corrected chi connectivity index (χ4v) is 3.29. The van der Waals surface area contributed by atoms with E-state index in [1.165, 1.54) is 27.1 Å². The van der Waals surface area contributed by atoms with Crippen LogP contribution in [0.25, 0.3) is 0 Å². The monoisotopic (exact) mass is 274 g/mol. The molecule has 0 aliphatic rings. The first-order valence-electron chi connectivity index (χ1n) is 6.72. The molecule has 0 fully saturated rings. The minimum atomic E-state index is 0.942. The second-order valence-corrected chi connectivity index (χ2v) is 6.42. The number of thiazole rings is 1. The van der Waals surface area contributed by atoms with Crippen LogP contribution >= 0.6 is 11.3 Å². The van der Waals surface area contributed by atoms with Crippen LogP contribution < -0.4 is 5.32 Å². The topological polar surface area (TPSA) is 24.9 Å². The van der Waals surface area contributed by atoms with Crippen LogP contribution in [0.5, 0.6) is 0 Å². The number of anilines is 1. The molecule has 0 amide bonds. The van der Waals surface area contributed by atoms with Crippen molar-refractivity contribution < 1.29 is 0 Å². The van der Waals surface area contributed by atoms with Crippen molar-refractivity contribution in [1.82, 2.24) is 4.98 Å². The van der Waals surface area contributed by atoms with Gasteiger partial charge in [-0.1, -0.05) is 17.7 Å². The Morgan fingerprint density at radius 1 is 1.05 bits per heavy atom. The highest BCUT2D eigenvalue weighted by Crippen LogP contribution is 2.22. The first kappa shape index (κ1) is 14.1. The molecule has 0 atom stereocenters. The molecule has 0 spiro atoms. The average molecular weight is 274 g/mol. The van der Waals surface area contributed by atoms with Crippen LogP contribution in [-0.4, -0.2) is 11.5 Å². The van der Waals surface area contributed by atoms with Crippen LogP contribution in [0, 0.1) is 34.6 Å². The third-order valence-electron chi connectivity index (χ3n) is 3.52. The molecule has 2 nitrogen and oxygen atoms in total. The Kier molecular flexibility index (Phi) is 4.25. The van der Waals surface area contributed by atoms with Crippen LogP contribution in [-0.2, 0) is 6.42 Å². The molecule has 2 rings (SSSR count). The molecule has 19 heavy (non-hydrogen) atoms. The van der Waals surface area contributed by atoms with Gasteiger partial charge in [0.25, 0.3) is 0 Å². The highest BCUT2D eigenvalue weighted by Gasteiger charge is 2.05. The van der Waals surface area contributed by atoms with E-state index in [1.807, 2.05) is 0 Å². The molecule has 102 valence electrons. The van der Waals surface area contributed by atoms with Crippen molar-refractivity contribution >= 4 is 16.5 Å². The number of rotatable bonds is 4. The molecular formula is C16H22N2S.